The summed E-state index contributed by atoms with van der Waals surface area (Å²) < 4.78 is 54.0. The topological polar surface area (TPSA) is 38.7 Å². The highest BCUT2D eigenvalue weighted by Gasteiger charge is 2.27. The van der Waals surface area contributed by atoms with E-state index in [0.717, 1.165) is 19.3 Å². The van der Waals surface area contributed by atoms with Gasteiger partial charge >= 0.3 is 0 Å². The zero-order valence-electron chi connectivity index (χ0n) is 18.2. The van der Waals surface area contributed by atoms with Gasteiger partial charge in [-0.2, -0.15) is 4.39 Å². The summed E-state index contributed by atoms with van der Waals surface area (Å²) >= 11 is 0. The zero-order valence-corrected chi connectivity index (χ0v) is 18.2. The summed E-state index contributed by atoms with van der Waals surface area (Å²) in [4.78, 5) is 0. The van der Waals surface area contributed by atoms with E-state index in [1.807, 2.05) is 6.92 Å². The van der Waals surface area contributed by atoms with Crippen molar-refractivity contribution in [1.82, 2.24) is 0 Å². The van der Waals surface area contributed by atoms with E-state index in [1.54, 1.807) is 25.1 Å². The van der Waals surface area contributed by atoms with Crippen LogP contribution in [0.25, 0.3) is 0 Å². The van der Waals surface area contributed by atoms with E-state index in [0.29, 0.717) is 36.0 Å². The van der Waals surface area contributed by atoms with Crippen molar-refractivity contribution in [3.63, 3.8) is 0 Å². The van der Waals surface area contributed by atoms with Crippen LogP contribution in [0.1, 0.15) is 81.1 Å². The van der Waals surface area contributed by atoms with Crippen molar-refractivity contribution in [1.29, 1.82) is 0 Å². The van der Waals surface area contributed by atoms with Crippen LogP contribution in [0.4, 0.5) is 13.2 Å². The van der Waals surface area contributed by atoms with Gasteiger partial charge in [0.25, 0.3) is 0 Å². The molecule has 2 aromatic carbocycles. The lowest BCUT2D eigenvalue weighted by atomic mass is 9.82. The number of hydrogen-bond acceptors (Lipinski definition) is 3. The van der Waals surface area contributed by atoms with Gasteiger partial charge in [-0.3, -0.25) is 0 Å². The Kier molecular flexibility index (Phi) is 8.38. The van der Waals surface area contributed by atoms with E-state index >= 15 is 0 Å². The number of aliphatic hydroxyl groups excluding tert-OH is 1. The molecule has 0 saturated heterocycles. The molecule has 1 fully saturated rings. The van der Waals surface area contributed by atoms with Gasteiger partial charge in [-0.15, -0.1) is 0 Å². The minimum absolute atomic E-state index is 0.000255. The molecular formula is C25H31F3O3. The molecule has 3 nitrogen and oxygen atoms in total. The molecule has 1 N–H and O–H groups in total. The van der Waals surface area contributed by atoms with Gasteiger partial charge in [0.15, 0.2) is 11.6 Å². The molecule has 1 aliphatic rings. The Labute approximate surface area is 182 Å². The number of halogens is 3. The number of rotatable bonds is 9. The lowest BCUT2D eigenvalue weighted by Crippen LogP contribution is -2.21. The van der Waals surface area contributed by atoms with Crippen molar-refractivity contribution in [2.45, 2.75) is 77.1 Å². The number of ether oxygens (including phenoxy) is 2. The van der Waals surface area contributed by atoms with E-state index in [-0.39, 0.29) is 31.0 Å². The first-order valence-electron chi connectivity index (χ1n) is 11.1. The molecule has 1 saturated carbocycles. The summed E-state index contributed by atoms with van der Waals surface area (Å²) in [7, 11) is 0. The van der Waals surface area contributed by atoms with E-state index in [4.69, 9.17) is 9.47 Å². The van der Waals surface area contributed by atoms with Crippen molar-refractivity contribution < 1.29 is 27.8 Å². The Morgan fingerprint density at radius 3 is 2.39 bits per heavy atom. The van der Waals surface area contributed by atoms with Crippen LogP contribution in [0, 0.1) is 17.5 Å². The predicted molar refractivity (Wildman–Crippen MR) is 114 cm³/mol. The lowest BCUT2D eigenvalue weighted by molar-refractivity contribution is 0.0129. The first kappa shape index (κ1) is 23.6. The second kappa shape index (κ2) is 11.0. The van der Waals surface area contributed by atoms with Gasteiger partial charge < -0.3 is 14.6 Å². The molecule has 0 bridgehead atoms. The smallest absolute Gasteiger partial charge is 0.200 e. The van der Waals surface area contributed by atoms with Gasteiger partial charge in [-0.05, 0) is 68.2 Å². The molecule has 6 heteroatoms. The van der Waals surface area contributed by atoms with Gasteiger partial charge in [0.1, 0.15) is 5.82 Å². The van der Waals surface area contributed by atoms with Crippen molar-refractivity contribution >= 4 is 0 Å². The third-order valence-electron chi connectivity index (χ3n) is 5.96. The van der Waals surface area contributed by atoms with Gasteiger partial charge in [-0.25, -0.2) is 8.78 Å². The molecular weight excluding hydrogens is 405 g/mol. The zero-order chi connectivity index (χ0) is 22.4. The average Bonchev–Trinajstić information content (AvgIpc) is 2.76. The molecule has 1 aliphatic carbocycles. The fourth-order valence-corrected chi connectivity index (χ4v) is 4.24. The van der Waals surface area contributed by atoms with Crippen molar-refractivity contribution in [2.75, 3.05) is 6.61 Å². The van der Waals surface area contributed by atoms with Crippen LogP contribution in [-0.2, 0) is 11.3 Å². The first-order chi connectivity index (χ1) is 14.9. The standard InChI is InChI=1S/C25H31F3O3/c1-3-5-22(29)20-11-6-16(14-21(20)26)15-31-18-9-7-17(8-10-18)19-12-13-23(30-4-2)25(28)24(19)27/h6,11-14,17-18,22,29H,3-5,7-10,15H2,1-2H3. The maximum atomic E-state index is 14.5. The quantitative estimate of drug-likeness (QED) is 0.483. The molecule has 1 unspecified atom stereocenters. The van der Waals surface area contributed by atoms with E-state index < -0.39 is 23.6 Å². The molecule has 1 atom stereocenters. The normalized spacial score (nSPS) is 19.9. The number of aliphatic hydroxyl groups is 1. The minimum atomic E-state index is -0.924. The van der Waals surface area contributed by atoms with Crippen molar-refractivity contribution in [2.24, 2.45) is 0 Å². The highest BCUT2D eigenvalue weighted by molar-refractivity contribution is 5.33. The summed E-state index contributed by atoms with van der Waals surface area (Å²) in [5, 5.41) is 9.99. The van der Waals surface area contributed by atoms with Crippen LogP contribution in [0.3, 0.4) is 0 Å². The van der Waals surface area contributed by atoms with Gasteiger partial charge in [0.05, 0.1) is 25.4 Å². The minimum Gasteiger partial charge on any atom is -0.491 e. The Bertz CT molecular complexity index is 863. The SMILES string of the molecule is CCCC(O)c1ccc(COC2CCC(c3ccc(OCC)c(F)c3F)CC2)cc1F. The Morgan fingerprint density at radius 1 is 1.00 bits per heavy atom. The monoisotopic (exact) mass is 436 g/mol. The molecule has 0 heterocycles. The highest BCUT2D eigenvalue weighted by atomic mass is 19.2. The highest BCUT2D eigenvalue weighted by Crippen LogP contribution is 2.37. The summed E-state index contributed by atoms with van der Waals surface area (Å²) in [6.45, 7) is 4.23. The van der Waals surface area contributed by atoms with Gasteiger partial charge in [-0.1, -0.05) is 31.5 Å². The first-order valence-corrected chi connectivity index (χ1v) is 11.1. The summed E-state index contributed by atoms with van der Waals surface area (Å²) in [6.07, 6.45) is 3.37. The molecule has 2 aromatic rings. The van der Waals surface area contributed by atoms with Crippen LogP contribution in [-0.4, -0.2) is 17.8 Å². The van der Waals surface area contributed by atoms with Gasteiger partial charge in [0.2, 0.25) is 5.82 Å². The van der Waals surface area contributed by atoms with Crippen molar-refractivity contribution in [3.05, 3.63) is 64.5 Å². The molecule has 3 rings (SSSR count). The third kappa shape index (κ3) is 5.80. The number of hydrogen-bond donors (Lipinski definition) is 1. The Hall–Kier alpha value is -2.05. The molecule has 170 valence electrons. The van der Waals surface area contributed by atoms with E-state index in [2.05, 4.69) is 0 Å². The molecule has 0 amide bonds. The Morgan fingerprint density at radius 2 is 1.74 bits per heavy atom. The second-order valence-corrected chi connectivity index (χ2v) is 8.16. The van der Waals surface area contributed by atoms with Crippen LogP contribution in [0.5, 0.6) is 5.75 Å². The molecule has 0 aromatic heterocycles. The van der Waals surface area contributed by atoms with Crippen LogP contribution >= 0.6 is 0 Å². The van der Waals surface area contributed by atoms with Crippen LogP contribution in [0.2, 0.25) is 0 Å². The predicted octanol–water partition coefficient (Wildman–Crippen LogP) is 6.58. The largest absolute Gasteiger partial charge is 0.491 e. The summed E-state index contributed by atoms with van der Waals surface area (Å²) in [6, 6.07) is 7.93. The molecule has 0 spiro atoms. The molecule has 0 aliphatic heterocycles. The van der Waals surface area contributed by atoms with Crippen molar-refractivity contribution in [3.8, 4) is 5.75 Å². The van der Waals surface area contributed by atoms with E-state index in [1.165, 1.54) is 12.1 Å². The van der Waals surface area contributed by atoms with E-state index in [9.17, 15) is 18.3 Å². The summed E-state index contributed by atoms with van der Waals surface area (Å²) in [5.74, 6) is -2.27. The average molecular weight is 437 g/mol. The fourth-order valence-electron chi connectivity index (χ4n) is 4.24. The molecule has 0 radical (unpaired) electrons. The maximum absolute atomic E-state index is 14.5. The Balaban J connectivity index is 1.53. The van der Waals surface area contributed by atoms with Crippen LogP contribution < -0.4 is 4.74 Å². The molecule has 31 heavy (non-hydrogen) atoms. The number of benzene rings is 2. The maximum Gasteiger partial charge on any atom is 0.200 e. The van der Waals surface area contributed by atoms with Gasteiger partial charge in [0, 0.05) is 5.56 Å². The van der Waals surface area contributed by atoms with Crippen LogP contribution in [0.15, 0.2) is 30.3 Å². The second-order valence-electron chi connectivity index (χ2n) is 8.16. The summed E-state index contributed by atoms with van der Waals surface area (Å²) in [5.41, 5.74) is 1.42. The fraction of sp³-hybridized carbons (Fsp3) is 0.520. The lowest BCUT2D eigenvalue weighted by Gasteiger charge is -2.29. The third-order valence-corrected chi connectivity index (χ3v) is 5.96.